The summed E-state index contributed by atoms with van der Waals surface area (Å²) >= 11 is 12.0. The summed E-state index contributed by atoms with van der Waals surface area (Å²) in [7, 11) is -3.44. The van der Waals surface area contributed by atoms with E-state index in [4.69, 9.17) is 32.7 Å². The highest BCUT2D eigenvalue weighted by molar-refractivity contribution is 7.90. The molecule has 0 N–H and O–H groups in total. The molecule has 0 bridgehead atoms. The minimum Gasteiger partial charge on any atom is -0.480 e. The monoisotopic (exact) mass is 751 g/mol. The second-order valence-corrected chi connectivity index (χ2v) is 14.9. The zero-order valence-electron chi connectivity index (χ0n) is 27.5. The number of amides is 2. The molecule has 1 heterocycles. The standard InChI is InChI=1S/C21H23ClFNO5.C14H13ClO5S/c1-2-3-6-9-28-19(25)12-29-18-11-17(16(23)10-15(18)22)24-20(26)13-7-4-5-8-14(13)21(24)27;1-21(19,20)8-5-6-9(10(15)7-8)14(18)13-11(16)3-2-4-12(13)17/h10-11H,2-9,12H2,1H3;5-7,13H,2-4H2,1H3. The Morgan fingerprint density at radius 3 is 2.06 bits per heavy atom. The van der Waals surface area contributed by atoms with Crippen molar-refractivity contribution in [2.75, 3.05) is 24.4 Å². The number of sulfone groups is 1. The fourth-order valence-corrected chi connectivity index (χ4v) is 6.94. The number of Topliss-reactive ketones (excluding diaryl/α,β-unsaturated/α-hetero) is 3. The molecule has 2 aromatic rings. The van der Waals surface area contributed by atoms with Crippen LogP contribution in [0.5, 0.6) is 5.75 Å². The molecule has 3 aliphatic rings. The lowest BCUT2D eigenvalue weighted by Crippen LogP contribution is -2.35. The molecule has 2 amide bonds. The fraction of sp³-hybridized carbons (Fsp3) is 0.429. The molecule has 1 aliphatic heterocycles. The smallest absolute Gasteiger partial charge is 0.344 e. The van der Waals surface area contributed by atoms with E-state index in [0.717, 1.165) is 55.4 Å². The molecule has 15 heteroatoms. The first-order valence-corrected chi connectivity index (χ1v) is 18.8. The van der Waals surface area contributed by atoms with Crippen molar-refractivity contribution in [2.45, 2.75) is 76.0 Å². The maximum atomic E-state index is 14.5. The van der Waals surface area contributed by atoms with E-state index in [2.05, 4.69) is 0 Å². The van der Waals surface area contributed by atoms with Crippen LogP contribution in [0.15, 0.2) is 46.4 Å². The molecule has 268 valence electrons. The zero-order chi connectivity index (χ0) is 36.7. The molecule has 11 nitrogen and oxygen atoms in total. The molecule has 0 saturated heterocycles. The van der Waals surface area contributed by atoms with Gasteiger partial charge in [-0.15, -0.1) is 0 Å². The van der Waals surface area contributed by atoms with Gasteiger partial charge in [-0.1, -0.05) is 43.0 Å². The largest absolute Gasteiger partial charge is 0.480 e. The van der Waals surface area contributed by atoms with E-state index in [1.165, 1.54) is 18.2 Å². The van der Waals surface area contributed by atoms with Crippen LogP contribution in [0.2, 0.25) is 10.0 Å². The molecular formula is C35H36Cl2FNO10S. The van der Waals surface area contributed by atoms with Gasteiger partial charge in [0.1, 0.15) is 17.5 Å². The van der Waals surface area contributed by atoms with Gasteiger partial charge < -0.3 is 9.47 Å². The number of benzene rings is 2. The zero-order valence-corrected chi connectivity index (χ0v) is 29.8. The number of nitrogens with zero attached hydrogens (tertiary/aromatic N) is 1. The van der Waals surface area contributed by atoms with Gasteiger partial charge in [-0.25, -0.2) is 22.5 Å². The number of rotatable bonds is 11. The van der Waals surface area contributed by atoms with Crippen molar-refractivity contribution >= 4 is 73.9 Å². The third kappa shape index (κ3) is 9.04. The van der Waals surface area contributed by atoms with Crippen molar-refractivity contribution in [3.8, 4) is 5.75 Å². The van der Waals surface area contributed by atoms with Crippen molar-refractivity contribution in [3.05, 3.63) is 62.9 Å². The summed E-state index contributed by atoms with van der Waals surface area (Å²) in [6, 6.07) is 5.79. The maximum Gasteiger partial charge on any atom is 0.344 e. The lowest BCUT2D eigenvalue weighted by molar-refractivity contribution is -0.146. The minimum atomic E-state index is -3.44. The van der Waals surface area contributed by atoms with Crippen LogP contribution in [-0.2, 0) is 38.5 Å². The summed E-state index contributed by atoms with van der Waals surface area (Å²) in [5.41, 5.74) is 0.672. The Kier molecular flexibility index (Phi) is 13.1. The number of carbonyl (C=O) groups excluding carboxylic acids is 6. The average molecular weight is 753 g/mol. The second kappa shape index (κ2) is 16.8. The number of carbonyl (C=O) groups is 6. The number of hydrogen-bond acceptors (Lipinski definition) is 10. The predicted molar refractivity (Wildman–Crippen MR) is 182 cm³/mol. The third-order valence-electron chi connectivity index (χ3n) is 8.38. The second-order valence-electron chi connectivity index (χ2n) is 12.1. The van der Waals surface area contributed by atoms with Crippen molar-refractivity contribution in [3.63, 3.8) is 0 Å². The van der Waals surface area contributed by atoms with Crippen LogP contribution in [0.3, 0.4) is 0 Å². The highest BCUT2D eigenvalue weighted by Gasteiger charge is 2.41. The Morgan fingerprint density at radius 1 is 0.880 bits per heavy atom. The minimum absolute atomic E-state index is 0.000883. The maximum absolute atomic E-state index is 14.5. The van der Waals surface area contributed by atoms with Crippen LogP contribution in [-0.4, -0.2) is 63.0 Å². The Bertz CT molecular complexity index is 1830. The van der Waals surface area contributed by atoms with Crippen LogP contribution in [0.4, 0.5) is 10.1 Å². The topological polar surface area (TPSA) is 158 Å². The quantitative estimate of drug-likeness (QED) is 0.0851. The van der Waals surface area contributed by atoms with Gasteiger partial charge in [0.05, 0.1) is 27.2 Å². The molecule has 0 spiro atoms. The molecule has 2 aliphatic carbocycles. The van der Waals surface area contributed by atoms with E-state index in [0.29, 0.717) is 37.0 Å². The van der Waals surface area contributed by atoms with E-state index in [-0.39, 0.29) is 44.8 Å². The van der Waals surface area contributed by atoms with E-state index in [1.54, 1.807) is 0 Å². The number of halogens is 3. The molecule has 0 radical (unpaired) electrons. The van der Waals surface area contributed by atoms with Gasteiger partial charge in [-0.05, 0) is 62.8 Å². The van der Waals surface area contributed by atoms with E-state index >= 15 is 0 Å². The number of imide groups is 1. The first-order chi connectivity index (χ1) is 23.6. The summed E-state index contributed by atoms with van der Waals surface area (Å²) in [6.07, 6.45) is 7.27. The Hall–Kier alpha value is -3.94. The summed E-state index contributed by atoms with van der Waals surface area (Å²) in [5.74, 6) is -5.17. The van der Waals surface area contributed by atoms with Crippen LogP contribution in [0.25, 0.3) is 0 Å². The van der Waals surface area contributed by atoms with Gasteiger partial charge >= 0.3 is 5.97 Å². The van der Waals surface area contributed by atoms with Crippen molar-refractivity contribution in [1.82, 2.24) is 0 Å². The molecule has 0 unspecified atom stereocenters. The van der Waals surface area contributed by atoms with E-state index in [1.807, 2.05) is 6.92 Å². The number of esters is 1. The number of ketones is 3. The molecule has 5 rings (SSSR count). The normalized spacial score (nSPS) is 16.6. The van der Waals surface area contributed by atoms with Crippen LogP contribution < -0.4 is 9.64 Å². The lowest BCUT2D eigenvalue weighted by atomic mass is 9.82. The van der Waals surface area contributed by atoms with E-state index in [9.17, 15) is 41.6 Å². The summed E-state index contributed by atoms with van der Waals surface area (Å²) in [4.78, 5) is 73.8. The summed E-state index contributed by atoms with van der Waals surface area (Å²) in [5, 5.41) is -0.143. The average Bonchev–Trinajstić information content (AvgIpc) is 3.31. The highest BCUT2D eigenvalue weighted by atomic mass is 35.5. The van der Waals surface area contributed by atoms with E-state index < -0.39 is 63.3 Å². The van der Waals surface area contributed by atoms with Gasteiger partial charge in [0, 0.05) is 41.9 Å². The van der Waals surface area contributed by atoms with Gasteiger partial charge in [0.2, 0.25) is 0 Å². The number of ether oxygens (including phenoxy) is 2. The first kappa shape index (κ1) is 38.9. The summed E-state index contributed by atoms with van der Waals surface area (Å²) in [6.45, 7) is 1.93. The lowest BCUT2D eigenvalue weighted by Gasteiger charge is -2.18. The SMILES string of the molecule is CCCCCOC(=O)COc1cc(N2C(=O)C3=C(CCCC3)C2=O)c(F)cc1Cl.CS(=O)(=O)c1ccc(C(=O)C2C(=O)CCCC2=O)c(Cl)c1. The summed E-state index contributed by atoms with van der Waals surface area (Å²) < 4.78 is 47.8. The van der Waals surface area contributed by atoms with Crippen molar-refractivity contribution in [2.24, 2.45) is 5.92 Å². The first-order valence-electron chi connectivity index (χ1n) is 16.1. The van der Waals surface area contributed by atoms with Crippen LogP contribution in [0, 0.1) is 11.7 Å². The third-order valence-corrected chi connectivity index (χ3v) is 10.1. The molecular weight excluding hydrogens is 716 g/mol. The van der Waals surface area contributed by atoms with Crippen LogP contribution in [0.1, 0.15) is 81.5 Å². The molecule has 50 heavy (non-hydrogen) atoms. The van der Waals surface area contributed by atoms with Gasteiger partial charge in [0.15, 0.2) is 33.8 Å². The molecule has 0 aromatic heterocycles. The van der Waals surface area contributed by atoms with Crippen molar-refractivity contribution in [1.29, 1.82) is 0 Å². The van der Waals surface area contributed by atoms with Crippen LogP contribution >= 0.6 is 23.2 Å². The van der Waals surface area contributed by atoms with Crippen molar-refractivity contribution < 1.29 is 51.0 Å². The highest BCUT2D eigenvalue weighted by Crippen LogP contribution is 2.39. The number of anilines is 1. The Balaban J connectivity index is 0.000000237. The molecule has 1 saturated carbocycles. The number of hydrogen-bond donors (Lipinski definition) is 0. The predicted octanol–water partition coefficient (Wildman–Crippen LogP) is 6.20. The van der Waals surface area contributed by atoms with Gasteiger partial charge in [0.25, 0.3) is 11.8 Å². The molecule has 0 atom stereocenters. The molecule has 1 fully saturated rings. The molecule has 2 aromatic carbocycles. The van der Waals surface area contributed by atoms with Gasteiger partial charge in [-0.3, -0.25) is 24.0 Å². The number of unbranched alkanes of at least 4 members (excludes halogenated alkanes) is 2. The Morgan fingerprint density at radius 2 is 1.50 bits per heavy atom. The van der Waals surface area contributed by atoms with Gasteiger partial charge in [-0.2, -0.15) is 0 Å². The Labute approximate surface area is 299 Å². The fourth-order valence-electron chi connectivity index (χ4n) is 5.75.